The first-order valence-electron chi connectivity index (χ1n) is 13.0. The maximum absolute atomic E-state index is 13.7. The average Bonchev–Trinajstić information content (AvgIpc) is 3.13. The van der Waals surface area contributed by atoms with Gasteiger partial charge in [-0.15, -0.1) is 0 Å². The lowest BCUT2D eigenvalue weighted by Gasteiger charge is -2.31. The van der Waals surface area contributed by atoms with Crippen molar-refractivity contribution in [3.05, 3.63) is 101 Å². The van der Waals surface area contributed by atoms with E-state index in [-0.39, 0.29) is 48.2 Å². The van der Waals surface area contributed by atoms with Crippen LogP contribution in [0.1, 0.15) is 46.8 Å². The summed E-state index contributed by atoms with van der Waals surface area (Å²) in [7, 11) is -3.95. The number of carbonyl (C=O) groups is 3. The molecule has 0 saturated carbocycles. The molecule has 1 atom stereocenters. The molecule has 204 valence electrons. The first-order chi connectivity index (χ1) is 18.7. The molecule has 9 heteroatoms. The minimum atomic E-state index is -3.95. The van der Waals surface area contributed by atoms with Crippen LogP contribution < -0.4 is 5.32 Å². The molecule has 3 aromatic rings. The summed E-state index contributed by atoms with van der Waals surface area (Å²) in [5, 5.41) is 2.86. The number of aryl methyl sites for hydroxylation is 1. The lowest BCUT2D eigenvalue weighted by Crippen LogP contribution is -2.50. The summed E-state index contributed by atoms with van der Waals surface area (Å²) in [6.45, 7) is 4.33. The van der Waals surface area contributed by atoms with Crippen molar-refractivity contribution in [2.45, 2.75) is 50.6 Å². The zero-order chi connectivity index (χ0) is 28.0. The Morgan fingerprint density at radius 2 is 1.59 bits per heavy atom. The van der Waals surface area contributed by atoms with E-state index in [4.69, 9.17) is 0 Å². The number of nitrogens with zero attached hydrogens (tertiary/aromatic N) is 2. The second-order valence-electron chi connectivity index (χ2n) is 9.59. The van der Waals surface area contributed by atoms with Gasteiger partial charge in [-0.2, -0.15) is 0 Å². The number of benzene rings is 3. The van der Waals surface area contributed by atoms with E-state index in [1.165, 1.54) is 12.1 Å². The van der Waals surface area contributed by atoms with Gasteiger partial charge in [-0.25, -0.2) is 12.7 Å². The van der Waals surface area contributed by atoms with Gasteiger partial charge in [0.25, 0.3) is 15.9 Å². The molecule has 0 fully saturated rings. The van der Waals surface area contributed by atoms with Crippen molar-refractivity contribution < 1.29 is 22.8 Å². The number of carbonyl (C=O) groups excluding carboxylic acids is 3. The van der Waals surface area contributed by atoms with E-state index in [1.807, 2.05) is 68.4 Å². The number of nitrogens with one attached hydrogen (secondary N) is 1. The maximum atomic E-state index is 13.7. The SMILES string of the molecule is CCNC(=O)C(Cc1ccccc1)N(Cc1ccc(C)cc1)C(=O)CCCN1C(=O)c2ccccc2S1(=O)=O. The number of hydrogen-bond donors (Lipinski definition) is 1. The van der Waals surface area contributed by atoms with Gasteiger partial charge in [0.2, 0.25) is 11.8 Å². The van der Waals surface area contributed by atoms with Crippen LogP contribution in [0.15, 0.2) is 83.8 Å². The molecular weight excluding hydrogens is 514 g/mol. The molecule has 4 rings (SSSR count). The normalized spacial score (nSPS) is 14.5. The van der Waals surface area contributed by atoms with E-state index in [2.05, 4.69) is 5.32 Å². The minimum absolute atomic E-state index is 0.0125. The highest BCUT2D eigenvalue weighted by molar-refractivity contribution is 7.90. The molecule has 0 aromatic heterocycles. The number of fused-ring (bicyclic) bond motifs is 1. The summed E-state index contributed by atoms with van der Waals surface area (Å²) in [6, 6.07) is 22.6. The van der Waals surface area contributed by atoms with Crippen molar-refractivity contribution >= 4 is 27.7 Å². The molecule has 39 heavy (non-hydrogen) atoms. The van der Waals surface area contributed by atoms with Crippen LogP contribution in [0.5, 0.6) is 0 Å². The summed E-state index contributed by atoms with van der Waals surface area (Å²) in [4.78, 5) is 41.2. The van der Waals surface area contributed by atoms with Crippen LogP contribution in [0.2, 0.25) is 0 Å². The van der Waals surface area contributed by atoms with Gasteiger partial charge in [0.1, 0.15) is 10.9 Å². The molecule has 3 amide bonds. The molecule has 3 aromatic carbocycles. The molecule has 1 aliphatic heterocycles. The highest BCUT2D eigenvalue weighted by atomic mass is 32.2. The van der Waals surface area contributed by atoms with E-state index in [0.717, 1.165) is 21.0 Å². The fraction of sp³-hybridized carbons (Fsp3) is 0.300. The van der Waals surface area contributed by atoms with Crippen molar-refractivity contribution in [2.24, 2.45) is 0 Å². The number of likely N-dealkylation sites (N-methyl/N-ethyl adjacent to an activating group) is 1. The monoisotopic (exact) mass is 547 g/mol. The van der Waals surface area contributed by atoms with Crippen molar-refractivity contribution in [1.82, 2.24) is 14.5 Å². The quantitative estimate of drug-likeness (QED) is 0.394. The first-order valence-corrected chi connectivity index (χ1v) is 14.5. The predicted octanol–water partition coefficient (Wildman–Crippen LogP) is 3.70. The van der Waals surface area contributed by atoms with Crippen LogP contribution in [0.25, 0.3) is 0 Å². The summed E-state index contributed by atoms with van der Waals surface area (Å²) < 4.78 is 26.6. The fourth-order valence-corrected chi connectivity index (χ4v) is 6.31. The smallest absolute Gasteiger partial charge is 0.269 e. The fourth-order valence-electron chi connectivity index (χ4n) is 4.71. The molecule has 1 unspecified atom stereocenters. The standard InChI is InChI=1S/C30H33N3O5S/c1-3-31-29(35)26(20-23-10-5-4-6-11-23)32(21-24-17-15-22(2)16-18-24)28(34)14-9-19-33-30(36)25-12-7-8-13-27(25)39(33,37)38/h4-8,10-13,15-18,26H,3,9,14,19-21H2,1-2H3,(H,31,35). The topological polar surface area (TPSA) is 104 Å². The summed E-state index contributed by atoms with van der Waals surface area (Å²) in [5.41, 5.74) is 3.02. The highest BCUT2D eigenvalue weighted by Crippen LogP contribution is 2.30. The maximum Gasteiger partial charge on any atom is 0.269 e. The van der Waals surface area contributed by atoms with Crippen molar-refractivity contribution in [3.8, 4) is 0 Å². The number of sulfonamides is 1. The second-order valence-corrected chi connectivity index (χ2v) is 11.4. The van der Waals surface area contributed by atoms with E-state index in [1.54, 1.807) is 17.0 Å². The van der Waals surface area contributed by atoms with Crippen LogP contribution in [0.4, 0.5) is 0 Å². The van der Waals surface area contributed by atoms with Gasteiger partial charge in [-0.05, 0) is 43.5 Å². The van der Waals surface area contributed by atoms with Crippen molar-refractivity contribution in [2.75, 3.05) is 13.1 Å². The van der Waals surface area contributed by atoms with Gasteiger partial charge >= 0.3 is 0 Å². The molecule has 0 spiro atoms. The zero-order valence-corrected chi connectivity index (χ0v) is 23.0. The van der Waals surface area contributed by atoms with E-state index >= 15 is 0 Å². The average molecular weight is 548 g/mol. The summed E-state index contributed by atoms with van der Waals surface area (Å²) in [5.74, 6) is -1.13. The predicted molar refractivity (Wildman–Crippen MR) is 148 cm³/mol. The Labute approximate surface area is 229 Å². The highest BCUT2D eigenvalue weighted by Gasteiger charge is 2.40. The minimum Gasteiger partial charge on any atom is -0.355 e. The Bertz CT molecular complexity index is 1440. The lowest BCUT2D eigenvalue weighted by molar-refractivity contribution is -0.141. The molecular formula is C30H33N3O5S. The molecule has 1 N–H and O–H groups in total. The van der Waals surface area contributed by atoms with Crippen LogP contribution in [0.3, 0.4) is 0 Å². The Balaban J connectivity index is 1.55. The number of amides is 3. The van der Waals surface area contributed by atoms with E-state index in [0.29, 0.717) is 13.0 Å². The van der Waals surface area contributed by atoms with Gasteiger partial charge in [0.15, 0.2) is 0 Å². The first kappa shape index (κ1) is 28.0. The Hall–Kier alpha value is -3.98. The third-order valence-electron chi connectivity index (χ3n) is 6.76. The summed E-state index contributed by atoms with van der Waals surface area (Å²) in [6.07, 6.45) is 0.445. The van der Waals surface area contributed by atoms with E-state index < -0.39 is 22.0 Å². The Morgan fingerprint density at radius 1 is 0.923 bits per heavy atom. The van der Waals surface area contributed by atoms with Crippen LogP contribution in [-0.4, -0.2) is 54.5 Å². The molecule has 0 radical (unpaired) electrons. The molecule has 1 aliphatic rings. The molecule has 0 bridgehead atoms. The number of hydrogen-bond acceptors (Lipinski definition) is 5. The van der Waals surface area contributed by atoms with Crippen molar-refractivity contribution in [1.29, 1.82) is 0 Å². The molecule has 0 saturated heterocycles. The Morgan fingerprint density at radius 3 is 2.26 bits per heavy atom. The van der Waals surface area contributed by atoms with Crippen LogP contribution in [-0.2, 0) is 32.6 Å². The number of rotatable bonds is 11. The zero-order valence-electron chi connectivity index (χ0n) is 22.2. The molecule has 8 nitrogen and oxygen atoms in total. The summed E-state index contributed by atoms with van der Waals surface area (Å²) >= 11 is 0. The van der Waals surface area contributed by atoms with Gasteiger partial charge in [-0.3, -0.25) is 14.4 Å². The Kier molecular flexibility index (Phi) is 8.81. The molecule has 1 heterocycles. The van der Waals surface area contributed by atoms with Gasteiger partial charge in [0, 0.05) is 32.5 Å². The largest absolute Gasteiger partial charge is 0.355 e. The van der Waals surface area contributed by atoms with Gasteiger partial charge in [0.05, 0.1) is 5.56 Å². The second kappa shape index (κ2) is 12.3. The van der Waals surface area contributed by atoms with Gasteiger partial charge in [-0.1, -0.05) is 72.3 Å². The third kappa shape index (κ3) is 6.37. The van der Waals surface area contributed by atoms with E-state index in [9.17, 15) is 22.8 Å². The lowest BCUT2D eigenvalue weighted by atomic mass is 10.0. The van der Waals surface area contributed by atoms with Crippen LogP contribution in [0, 0.1) is 6.92 Å². The molecule has 0 aliphatic carbocycles. The van der Waals surface area contributed by atoms with Crippen LogP contribution >= 0.6 is 0 Å². The van der Waals surface area contributed by atoms with Crippen molar-refractivity contribution in [3.63, 3.8) is 0 Å². The third-order valence-corrected chi connectivity index (χ3v) is 8.60. The van der Waals surface area contributed by atoms with Gasteiger partial charge < -0.3 is 10.2 Å².